The van der Waals surface area contributed by atoms with Crippen molar-refractivity contribution in [3.8, 4) is 17.6 Å². The average Bonchev–Trinajstić information content (AvgIpc) is 2.48. The molecular weight excluding hydrogens is 254 g/mol. The Morgan fingerprint density at radius 1 is 1.15 bits per heavy atom. The van der Waals surface area contributed by atoms with Crippen LogP contribution < -0.4 is 9.47 Å². The lowest BCUT2D eigenvalue weighted by Crippen LogP contribution is -2.08. The number of benzene rings is 2. The minimum atomic E-state index is -0.465. The number of aryl methyl sites for hydroxylation is 1. The van der Waals surface area contributed by atoms with Crippen LogP contribution >= 0.6 is 0 Å². The predicted octanol–water partition coefficient (Wildman–Crippen LogP) is 3.09. The van der Waals surface area contributed by atoms with Crippen molar-refractivity contribution in [2.45, 2.75) is 6.92 Å². The lowest BCUT2D eigenvalue weighted by Gasteiger charge is -2.08. The molecule has 0 N–H and O–H groups in total. The molecule has 0 saturated carbocycles. The molecule has 0 radical (unpaired) electrons. The van der Waals surface area contributed by atoms with Crippen LogP contribution in [0.1, 0.15) is 21.5 Å². The van der Waals surface area contributed by atoms with Crippen LogP contribution in [0.3, 0.4) is 0 Å². The van der Waals surface area contributed by atoms with E-state index in [4.69, 9.17) is 14.7 Å². The second-order valence-corrected chi connectivity index (χ2v) is 4.21. The zero-order chi connectivity index (χ0) is 14.5. The summed E-state index contributed by atoms with van der Waals surface area (Å²) in [6.07, 6.45) is 0. The summed E-state index contributed by atoms with van der Waals surface area (Å²) < 4.78 is 10.4. The van der Waals surface area contributed by atoms with Crippen molar-refractivity contribution >= 4 is 5.97 Å². The summed E-state index contributed by atoms with van der Waals surface area (Å²) in [5.41, 5.74) is 1.88. The SMILES string of the molecule is COc1cc(C(=O)Oc2ccc(C#N)cc2)ccc1C. The number of nitrogens with zero attached hydrogens (tertiary/aromatic N) is 1. The lowest BCUT2D eigenvalue weighted by atomic mass is 10.1. The fraction of sp³-hybridized carbons (Fsp3) is 0.125. The normalized spacial score (nSPS) is 9.65. The Kier molecular flexibility index (Phi) is 4.02. The van der Waals surface area contributed by atoms with Crippen LogP contribution in [0.4, 0.5) is 0 Å². The van der Waals surface area contributed by atoms with Crippen molar-refractivity contribution in [1.82, 2.24) is 0 Å². The summed E-state index contributed by atoms with van der Waals surface area (Å²) in [4.78, 5) is 12.0. The number of esters is 1. The van der Waals surface area contributed by atoms with E-state index in [-0.39, 0.29) is 0 Å². The molecule has 2 aromatic carbocycles. The number of methoxy groups -OCH3 is 1. The van der Waals surface area contributed by atoms with Gasteiger partial charge in [-0.15, -0.1) is 0 Å². The molecule has 0 amide bonds. The van der Waals surface area contributed by atoms with Crippen LogP contribution in [0.5, 0.6) is 11.5 Å². The molecule has 2 aromatic rings. The summed E-state index contributed by atoms with van der Waals surface area (Å²) in [5.74, 6) is 0.570. The molecule has 4 heteroatoms. The van der Waals surface area contributed by atoms with Gasteiger partial charge in [0.2, 0.25) is 0 Å². The van der Waals surface area contributed by atoms with Crippen LogP contribution in [-0.2, 0) is 0 Å². The third-order valence-electron chi connectivity index (χ3n) is 2.84. The first-order valence-corrected chi connectivity index (χ1v) is 6.01. The van der Waals surface area contributed by atoms with Crippen LogP contribution in [0, 0.1) is 18.3 Å². The van der Waals surface area contributed by atoms with Gasteiger partial charge in [0.05, 0.1) is 24.3 Å². The molecule has 0 aliphatic carbocycles. The van der Waals surface area contributed by atoms with E-state index < -0.39 is 5.97 Å². The first kappa shape index (κ1) is 13.6. The Morgan fingerprint density at radius 2 is 1.85 bits per heavy atom. The second kappa shape index (κ2) is 5.89. The largest absolute Gasteiger partial charge is 0.496 e. The maximum absolute atomic E-state index is 12.0. The predicted molar refractivity (Wildman–Crippen MR) is 73.8 cm³/mol. The van der Waals surface area contributed by atoms with E-state index in [1.807, 2.05) is 13.0 Å². The Bertz CT molecular complexity index is 669. The third kappa shape index (κ3) is 2.96. The van der Waals surface area contributed by atoms with Crippen molar-refractivity contribution < 1.29 is 14.3 Å². The van der Waals surface area contributed by atoms with Crippen molar-refractivity contribution in [1.29, 1.82) is 5.26 Å². The van der Waals surface area contributed by atoms with Crippen molar-refractivity contribution in [3.63, 3.8) is 0 Å². The summed E-state index contributed by atoms with van der Waals surface area (Å²) in [5, 5.41) is 8.70. The number of nitriles is 1. The molecule has 0 bridgehead atoms. The van der Waals surface area contributed by atoms with Gasteiger partial charge in [-0.05, 0) is 48.9 Å². The van der Waals surface area contributed by atoms with Gasteiger partial charge in [0.25, 0.3) is 0 Å². The number of rotatable bonds is 3. The molecule has 100 valence electrons. The lowest BCUT2D eigenvalue weighted by molar-refractivity contribution is 0.0734. The number of hydrogen-bond donors (Lipinski definition) is 0. The summed E-state index contributed by atoms with van der Waals surface area (Å²) in [6, 6.07) is 13.5. The highest BCUT2D eigenvalue weighted by Gasteiger charge is 2.11. The first-order valence-electron chi connectivity index (χ1n) is 6.01. The molecule has 0 spiro atoms. The van der Waals surface area contributed by atoms with E-state index in [0.29, 0.717) is 22.6 Å². The second-order valence-electron chi connectivity index (χ2n) is 4.21. The smallest absolute Gasteiger partial charge is 0.343 e. The Labute approximate surface area is 117 Å². The van der Waals surface area contributed by atoms with E-state index in [9.17, 15) is 4.79 Å². The highest BCUT2D eigenvalue weighted by Crippen LogP contribution is 2.20. The Hall–Kier alpha value is -2.80. The number of carbonyl (C=O) groups excluding carboxylic acids is 1. The Morgan fingerprint density at radius 3 is 2.45 bits per heavy atom. The maximum atomic E-state index is 12.0. The number of carbonyl (C=O) groups is 1. The van der Waals surface area contributed by atoms with Gasteiger partial charge in [0, 0.05) is 0 Å². The molecule has 0 fully saturated rings. The van der Waals surface area contributed by atoms with E-state index in [1.165, 1.54) is 0 Å². The van der Waals surface area contributed by atoms with Crippen LogP contribution in [-0.4, -0.2) is 13.1 Å². The number of ether oxygens (including phenoxy) is 2. The van der Waals surface area contributed by atoms with Gasteiger partial charge in [0.15, 0.2) is 0 Å². The zero-order valence-electron chi connectivity index (χ0n) is 11.2. The minimum Gasteiger partial charge on any atom is -0.496 e. The highest BCUT2D eigenvalue weighted by atomic mass is 16.5. The van der Waals surface area contributed by atoms with Gasteiger partial charge in [-0.1, -0.05) is 6.07 Å². The molecule has 2 rings (SSSR count). The average molecular weight is 267 g/mol. The van der Waals surface area contributed by atoms with Crippen molar-refractivity contribution in [2.75, 3.05) is 7.11 Å². The van der Waals surface area contributed by atoms with Crippen LogP contribution in [0.25, 0.3) is 0 Å². The standard InChI is InChI=1S/C16H13NO3/c1-11-3-6-13(9-15(11)19-2)16(18)20-14-7-4-12(10-17)5-8-14/h3-9H,1-2H3. The maximum Gasteiger partial charge on any atom is 0.343 e. The van der Waals surface area contributed by atoms with Gasteiger partial charge < -0.3 is 9.47 Å². The molecule has 20 heavy (non-hydrogen) atoms. The third-order valence-corrected chi connectivity index (χ3v) is 2.84. The molecular formula is C16H13NO3. The quantitative estimate of drug-likeness (QED) is 0.633. The molecule has 0 aliphatic rings. The van der Waals surface area contributed by atoms with Crippen molar-refractivity contribution in [2.24, 2.45) is 0 Å². The highest BCUT2D eigenvalue weighted by molar-refractivity contribution is 5.91. The van der Waals surface area contributed by atoms with Crippen molar-refractivity contribution in [3.05, 3.63) is 59.2 Å². The Balaban J connectivity index is 2.17. The topological polar surface area (TPSA) is 59.3 Å². The van der Waals surface area contributed by atoms with Crippen LogP contribution in [0.15, 0.2) is 42.5 Å². The van der Waals surface area contributed by atoms with Gasteiger partial charge in [-0.2, -0.15) is 5.26 Å². The molecule has 0 aromatic heterocycles. The van der Waals surface area contributed by atoms with E-state index in [2.05, 4.69) is 0 Å². The van der Waals surface area contributed by atoms with Gasteiger partial charge in [0.1, 0.15) is 11.5 Å². The van der Waals surface area contributed by atoms with E-state index >= 15 is 0 Å². The fourth-order valence-corrected chi connectivity index (χ4v) is 1.71. The molecule has 0 heterocycles. The van der Waals surface area contributed by atoms with E-state index in [1.54, 1.807) is 49.6 Å². The van der Waals surface area contributed by atoms with Gasteiger partial charge in [-0.3, -0.25) is 0 Å². The summed E-state index contributed by atoms with van der Waals surface area (Å²) in [7, 11) is 1.55. The molecule has 0 aliphatic heterocycles. The monoisotopic (exact) mass is 267 g/mol. The molecule has 0 atom stereocenters. The fourth-order valence-electron chi connectivity index (χ4n) is 1.71. The number of hydrogen-bond acceptors (Lipinski definition) is 4. The molecule has 0 saturated heterocycles. The summed E-state index contributed by atoms with van der Waals surface area (Å²) in [6.45, 7) is 1.90. The molecule has 4 nitrogen and oxygen atoms in total. The zero-order valence-corrected chi connectivity index (χ0v) is 11.2. The minimum absolute atomic E-state index is 0.397. The van der Waals surface area contributed by atoms with E-state index in [0.717, 1.165) is 5.56 Å². The molecule has 0 unspecified atom stereocenters. The summed E-state index contributed by atoms with van der Waals surface area (Å²) >= 11 is 0. The van der Waals surface area contributed by atoms with Gasteiger partial charge in [-0.25, -0.2) is 4.79 Å². The van der Waals surface area contributed by atoms with Gasteiger partial charge >= 0.3 is 5.97 Å². The first-order chi connectivity index (χ1) is 9.63. The van der Waals surface area contributed by atoms with Crippen LogP contribution in [0.2, 0.25) is 0 Å².